The first-order valence-electron chi connectivity index (χ1n) is 14.0. The number of carbonyl (C=O) groups excluding carboxylic acids is 1. The van der Waals surface area contributed by atoms with Crippen LogP contribution in [0.4, 0.5) is 30.7 Å². The molecule has 0 spiro atoms. The maximum absolute atomic E-state index is 13.8. The molecule has 2 unspecified atom stereocenters. The van der Waals surface area contributed by atoms with Crippen molar-refractivity contribution in [3.05, 3.63) is 106 Å². The molecule has 0 aromatic heterocycles. The molecule has 1 saturated heterocycles. The number of nitrogens with zero attached hydrogens (tertiary/aromatic N) is 1. The van der Waals surface area contributed by atoms with Gasteiger partial charge in [0.2, 0.25) is 5.91 Å². The molecule has 1 saturated carbocycles. The van der Waals surface area contributed by atoms with Crippen molar-refractivity contribution in [2.45, 2.75) is 68.4 Å². The summed E-state index contributed by atoms with van der Waals surface area (Å²) in [5, 5.41) is 2.67. The highest BCUT2D eigenvalue weighted by atomic mass is 19.4. The summed E-state index contributed by atoms with van der Waals surface area (Å²) < 4.78 is 93.4. The van der Waals surface area contributed by atoms with Crippen LogP contribution in [0.1, 0.15) is 65.8 Å². The lowest BCUT2D eigenvalue weighted by Crippen LogP contribution is -2.45. The number of halogens is 7. The van der Waals surface area contributed by atoms with Crippen molar-refractivity contribution in [3.8, 4) is 0 Å². The van der Waals surface area contributed by atoms with Gasteiger partial charge in [0, 0.05) is 12.6 Å². The van der Waals surface area contributed by atoms with E-state index < -0.39 is 41.3 Å². The number of hydrogen-bond acceptors (Lipinski definition) is 2. The first-order valence-corrected chi connectivity index (χ1v) is 14.0. The average molecular weight is 593 g/mol. The van der Waals surface area contributed by atoms with Crippen molar-refractivity contribution < 1.29 is 35.5 Å². The van der Waals surface area contributed by atoms with E-state index in [1.807, 2.05) is 42.5 Å². The lowest BCUT2D eigenvalue weighted by atomic mass is 9.77. The molecule has 0 radical (unpaired) electrons. The van der Waals surface area contributed by atoms with E-state index in [1.165, 1.54) is 12.1 Å². The van der Waals surface area contributed by atoms with Gasteiger partial charge >= 0.3 is 12.4 Å². The molecular formula is C32H31F7N2O. The summed E-state index contributed by atoms with van der Waals surface area (Å²) in [5.74, 6) is -0.366. The van der Waals surface area contributed by atoms with Gasteiger partial charge in [-0.3, -0.25) is 4.79 Å². The van der Waals surface area contributed by atoms with E-state index in [0.717, 1.165) is 43.5 Å². The number of piperidine rings is 1. The highest BCUT2D eigenvalue weighted by Crippen LogP contribution is 2.45. The lowest BCUT2D eigenvalue weighted by Gasteiger charge is -2.37. The number of hydrogen-bond donors (Lipinski definition) is 1. The molecular weight excluding hydrogens is 561 g/mol. The van der Waals surface area contributed by atoms with E-state index in [4.69, 9.17) is 0 Å². The first-order chi connectivity index (χ1) is 19.8. The summed E-state index contributed by atoms with van der Waals surface area (Å²) in [7, 11) is 0. The van der Waals surface area contributed by atoms with Crippen LogP contribution in [0.3, 0.4) is 0 Å². The Labute approximate surface area is 239 Å². The van der Waals surface area contributed by atoms with Gasteiger partial charge in [-0.1, -0.05) is 42.5 Å². The minimum atomic E-state index is -4.96. The second-order valence-corrected chi connectivity index (χ2v) is 11.3. The van der Waals surface area contributed by atoms with Gasteiger partial charge in [-0.15, -0.1) is 0 Å². The average Bonchev–Trinajstić information content (AvgIpc) is 3.43. The normalized spacial score (nSPS) is 22.3. The Balaban J connectivity index is 1.32. The molecule has 2 aliphatic rings. The molecule has 1 amide bonds. The van der Waals surface area contributed by atoms with Gasteiger partial charge in [-0.05, 0) is 98.1 Å². The summed E-state index contributed by atoms with van der Waals surface area (Å²) in [6.07, 6.45) is -6.43. The zero-order chi connectivity index (χ0) is 30.1. The smallest absolute Gasteiger partial charge is 0.351 e. The summed E-state index contributed by atoms with van der Waals surface area (Å²) >= 11 is 0. The monoisotopic (exact) mass is 592 g/mol. The van der Waals surface area contributed by atoms with Crippen molar-refractivity contribution in [2.75, 3.05) is 13.1 Å². The molecule has 1 heterocycles. The van der Waals surface area contributed by atoms with Gasteiger partial charge in [0.05, 0.1) is 16.5 Å². The summed E-state index contributed by atoms with van der Waals surface area (Å²) in [6, 6.07) is 17.2. The SMILES string of the molecule is O=C(NCc1cc(C(F)(F)F)cc(C(F)(F)F)c1)C1(c2ccccc2)CCC(N2CCC(c3ccc(F)cc3)CC2)C1. The maximum Gasteiger partial charge on any atom is 0.416 e. The van der Waals surface area contributed by atoms with Crippen LogP contribution in [-0.4, -0.2) is 29.9 Å². The third kappa shape index (κ3) is 6.48. The van der Waals surface area contributed by atoms with Crippen molar-refractivity contribution in [2.24, 2.45) is 0 Å². The molecule has 42 heavy (non-hydrogen) atoms. The third-order valence-electron chi connectivity index (χ3n) is 8.74. The Kier molecular flexibility index (Phi) is 8.38. The van der Waals surface area contributed by atoms with E-state index in [0.29, 0.717) is 30.9 Å². The van der Waals surface area contributed by atoms with Gasteiger partial charge in [-0.25, -0.2) is 4.39 Å². The van der Waals surface area contributed by atoms with Crippen molar-refractivity contribution in [3.63, 3.8) is 0 Å². The van der Waals surface area contributed by atoms with E-state index in [1.54, 1.807) is 0 Å². The minimum absolute atomic E-state index is 0.0810. The van der Waals surface area contributed by atoms with Crippen LogP contribution in [0.2, 0.25) is 0 Å². The molecule has 1 aliphatic carbocycles. The summed E-state index contributed by atoms with van der Waals surface area (Å²) in [6.45, 7) is 1.15. The van der Waals surface area contributed by atoms with Crippen LogP contribution in [0, 0.1) is 5.82 Å². The van der Waals surface area contributed by atoms with Crippen LogP contribution in [0.5, 0.6) is 0 Å². The molecule has 1 aliphatic heterocycles. The Hall–Kier alpha value is -3.40. The number of likely N-dealkylation sites (tertiary alicyclic amines) is 1. The van der Waals surface area contributed by atoms with E-state index in [2.05, 4.69) is 10.2 Å². The molecule has 3 aromatic rings. The minimum Gasteiger partial charge on any atom is -0.351 e. The highest BCUT2D eigenvalue weighted by Gasteiger charge is 2.48. The number of alkyl halides is 6. The zero-order valence-electron chi connectivity index (χ0n) is 22.7. The predicted molar refractivity (Wildman–Crippen MR) is 144 cm³/mol. The van der Waals surface area contributed by atoms with Crippen LogP contribution >= 0.6 is 0 Å². The van der Waals surface area contributed by atoms with Gasteiger partial charge in [-0.2, -0.15) is 26.3 Å². The molecule has 3 aromatic carbocycles. The fourth-order valence-corrected chi connectivity index (χ4v) is 6.49. The summed E-state index contributed by atoms with van der Waals surface area (Å²) in [5.41, 5.74) is -2.19. The highest BCUT2D eigenvalue weighted by molar-refractivity contribution is 5.88. The molecule has 224 valence electrons. The van der Waals surface area contributed by atoms with Crippen LogP contribution in [0.25, 0.3) is 0 Å². The van der Waals surface area contributed by atoms with Crippen LogP contribution in [0.15, 0.2) is 72.8 Å². The second-order valence-electron chi connectivity index (χ2n) is 11.3. The number of benzene rings is 3. The van der Waals surface area contributed by atoms with Gasteiger partial charge in [0.1, 0.15) is 5.82 Å². The Bertz CT molecular complexity index is 1350. The third-order valence-corrected chi connectivity index (χ3v) is 8.74. The van der Waals surface area contributed by atoms with Crippen molar-refractivity contribution in [1.82, 2.24) is 10.2 Å². The Morgan fingerprint density at radius 1 is 0.833 bits per heavy atom. The number of nitrogens with one attached hydrogen (secondary N) is 1. The van der Waals surface area contributed by atoms with Gasteiger partial charge in [0.25, 0.3) is 0 Å². The Morgan fingerprint density at radius 3 is 2.00 bits per heavy atom. The second kappa shape index (κ2) is 11.7. The fourth-order valence-electron chi connectivity index (χ4n) is 6.49. The number of carbonyl (C=O) groups is 1. The topological polar surface area (TPSA) is 32.3 Å². The summed E-state index contributed by atoms with van der Waals surface area (Å²) in [4.78, 5) is 16.2. The van der Waals surface area contributed by atoms with Crippen molar-refractivity contribution >= 4 is 5.91 Å². The number of rotatable bonds is 6. The largest absolute Gasteiger partial charge is 0.416 e. The lowest BCUT2D eigenvalue weighted by molar-refractivity contribution is -0.143. The predicted octanol–water partition coefficient (Wildman–Crippen LogP) is 7.85. The van der Waals surface area contributed by atoms with Crippen molar-refractivity contribution in [1.29, 1.82) is 0 Å². The van der Waals surface area contributed by atoms with E-state index >= 15 is 0 Å². The van der Waals surface area contributed by atoms with Crippen LogP contribution in [-0.2, 0) is 29.1 Å². The molecule has 2 fully saturated rings. The number of amides is 1. The van der Waals surface area contributed by atoms with Gasteiger partial charge in [0.15, 0.2) is 0 Å². The molecule has 10 heteroatoms. The maximum atomic E-state index is 13.8. The standard InChI is InChI=1S/C32H31F7N2O/c33-27-8-6-22(7-9-27)23-11-14-41(15-12-23)28-10-13-30(19-28,24-4-2-1-3-5-24)29(42)40-20-21-16-25(31(34,35)36)18-26(17-21)32(37,38)39/h1-9,16-18,23,28H,10-15,19-20H2,(H,40,42). The van der Waals surface area contributed by atoms with E-state index in [9.17, 15) is 35.5 Å². The Morgan fingerprint density at radius 2 is 1.43 bits per heavy atom. The molecule has 1 N–H and O–H groups in total. The first kappa shape index (κ1) is 30.1. The fraction of sp³-hybridized carbons (Fsp3) is 0.406. The molecule has 2 atom stereocenters. The van der Waals surface area contributed by atoms with Crippen LogP contribution < -0.4 is 5.32 Å². The molecule has 0 bridgehead atoms. The van der Waals surface area contributed by atoms with Gasteiger partial charge < -0.3 is 10.2 Å². The molecule has 3 nitrogen and oxygen atoms in total. The quantitative estimate of drug-likeness (QED) is 0.296. The zero-order valence-corrected chi connectivity index (χ0v) is 22.7. The molecule has 5 rings (SSSR count). The van der Waals surface area contributed by atoms with E-state index in [-0.39, 0.29) is 23.5 Å².